The molecule has 34 heavy (non-hydrogen) atoms. The Labute approximate surface area is 206 Å². The summed E-state index contributed by atoms with van der Waals surface area (Å²) in [5.41, 5.74) is 9.63. The van der Waals surface area contributed by atoms with Crippen molar-refractivity contribution in [2.45, 2.75) is 17.4 Å². The second kappa shape index (κ2) is 14.1. The number of nitrogens with zero attached hydrogens (tertiary/aromatic N) is 2. The Hall–Kier alpha value is -3.29. The predicted octanol–water partition coefficient (Wildman–Crippen LogP) is 4.50. The van der Waals surface area contributed by atoms with Crippen molar-refractivity contribution in [2.75, 3.05) is 38.3 Å². The molecular weight excluding hydrogens is 442 g/mol. The third-order valence-corrected chi connectivity index (χ3v) is 5.96. The second-order valence-corrected chi connectivity index (χ2v) is 8.54. The van der Waals surface area contributed by atoms with Gasteiger partial charge in [0.1, 0.15) is 6.10 Å². The lowest BCUT2D eigenvalue weighted by Gasteiger charge is -2.27. The van der Waals surface area contributed by atoms with Gasteiger partial charge in [-0.05, 0) is 43.0 Å². The Morgan fingerprint density at radius 3 is 2.53 bits per heavy atom. The van der Waals surface area contributed by atoms with Gasteiger partial charge in [-0.2, -0.15) is 0 Å². The SMILES string of the molecule is CN=C/C(=C\N)c1cnc2c(c1)NCC(CNCCc1ccc(SC)cc1)O2.c1ccccc1. The Kier molecular flexibility index (Phi) is 10.5. The highest BCUT2D eigenvalue weighted by atomic mass is 32.2. The molecule has 0 radical (unpaired) electrons. The fourth-order valence-electron chi connectivity index (χ4n) is 3.39. The smallest absolute Gasteiger partial charge is 0.237 e. The van der Waals surface area contributed by atoms with E-state index in [1.165, 1.54) is 16.7 Å². The molecule has 1 aliphatic heterocycles. The highest BCUT2D eigenvalue weighted by molar-refractivity contribution is 7.98. The normalized spacial score (nSPS) is 15.0. The first-order valence-corrected chi connectivity index (χ1v) is 12.5. The van der Waals surface area contributed by atoms with Gasteiger partial charge >= 0.3 is 0 Å². The molecule has 2 aromatic carbocycles. The van der Waals surface area contributed by atoms with Crippen LogP contribution in [0.25, 0.3) is 5.57 Å². The molecule has 7 heteroatoms. The molecule has 0 aliphatic carbocycles. The van der Waals surface area contributed by atoms with E-state index in [0.29, 0.717) is 5.88 Å². The number of hydrogen-bond donors (Lipinski definition) is 3. The quantitative estimate of drug-likeness (QED) is 0.253. The predicted molar refractivity (Wildman–Crippen MR) is 145 cm³/mol. The molecule has 2 heterocycles. The fourth-order valence-corrected chi connectivity index (χ4v) is 3.80. The fraction of sp³-hybridized carbons (Fsp3) is 0.259. The number of aliphatic imine (C=N–C) groups is 1. The van der Waals surface area contributed by atoms with Crippen LogP contribution in [-0.2, 0) is 6.42 Å². The van der Waals surface area contributed by atoms with E-state index in [1.54, 1.807) is 31.2 Å². The zero-order valence-corrected chi connectivity index (χ0v) is 20.6. The monoisotopic (exact) mass is 475 g/mol. The van der Waals surface area contributed by atoms with Crippen LogP contribution in [0.5, 0.6) is 5.88 Å². The standard InChI is InChI=1S/C21H27N5OS.C6H6/c1-23-11-17(10-22)16-9-20-21(26-12-16)27-18(14-25-20)13-24-8-7-15-3-5-19(28-2)6-4-15;1-2-4-6-5-3-1/h3-6,9-12,18,24-25H,7-8,13-14,22H2,1-2H3;1-6H/b17-10+,23-11?;. The lowest BCUT2D eigenvalue weighted by molar-refractivity contribution is 0.194. The Balaban J connectivity index is 0.000000469. The van der Waals surface area contributed by atoms with Crippen LogP contribution >= 0.6 is 11.8 Å². The number of nitrogens with two attached hydrogens (primary N) is 1. The van der Waals surface area contributed by atoms with E-state index in [0.717, 1.165) is 42.9 Å². The van der Waals surface area contributed by atoms with Crippen LogP contribution in [0, 0.1) is 0 Å². The van der Waals surface area contributed by atoms with Gasteiger partial charge in [-0.25, -0.2) is 4.98 Å². The minimum atomic E-state index is 0.0476. The van der Waals surface area contributed by atoms with E-state index in [4.69, 9.17) is 10.5 Å². The maximum atomic E-state index is 6.02. The number of aromatic nitrogens is 1. The van der Waals surface area contributed by atoms with Gasteiger partial charge in [-0.15, -0.1) is 11.8 Å². The third-order valence-electron chi connectivity index (χ3n) is 5.22. The first kappa shape index (κ1) is 25.3. The number of hydrogen-bond acceptors (Lipinski definition) is 7. The molecule has 0 amide bonds. The van der Waals surface area contributed by atoms with Crippen molar-refractivity contribution < 1.29 is 4.74 Å². The largest absolute Gasteiger partial charge is 0.470 e. The third kappa shape index (κ3) is 7.93. The molecule has 4 N–H and O–H groups in total. The Bertz CT molecular complexity index is 1030. The van der Waals surface area contributed by atoms with E-state index >= 15 is 0 Å². The molecule has 0 saturated carbocycles. The van der Waals surface area contributed by atoms with Crippen LogP contribution in [0.1, 0.15) is 11.1 Å². The van der Waals surface area contributed by atoms with E-state index in [9.17, 15) is 0 Å². The van der Waals surface area contributed by atoms with Crippen molar-refractivity contribution in [2.24, 2.45) is 10.7 Å². The lowest BCUT2D eigenvalue weighted by atomic mass is 10.1. The van der Waals surface area contributed by atoms with Gasteiger partial charge in [0.25, 0.3) is 0 Å². The highest BCUT2D eigenvalue weighted by Gasteiger charge is 2.20. The second-order valence-electron chi connectivity index (χ2n) is 7.66. The molecule has 178 valence electrons. The van der Waals surface area contributed by atoms with Gasteiger partial charge < -0.3 is 21.1 Å². The van der Waals surface area contributed by atoms with Crippen molar-refractivity contribution in [1.29, 1.82) is 0 Å². The first-order chi connectivity index (χ1) is 16.7. The van der Waals surface area contributed by atoms with Gasteiger partial charge in [0.2, 0.25) is 5.88 Å². The minimum Gasteiger partial charge on any atom is -0.470 e. The Morgan fingerprint density at radius 2 is 1.91 bits per heavy atom. The van der Waals surface area contributed by atoms with Gasteiger partial charge in [0.05, 0.1) is 12.2 Å². The zero-order chi connectivity index (χ0) is 24.0. The molecule has 1 aliphatic rings. The van der Waals surface area contributed by atoms with Crippen LogP contribution in [0.2, 0.25) is 0 Å². The number of anilines is 1. The number of ether oxygens (including phenoxy) is 1. The van der Waals surface area contributed by atoms with Gasteiger partial charge in [0.15, 0.2) is 0 Å². The maximum absolute atomic E-state index is 6.02. The van der Waals surface area contributed by atoms with E-state index in [1.807, 2.05) is 42.5 Å². The maximum Gasteiger partial charge on any atom is 0.237 e. The average Bonchev–Trinajstić information content (AvgIpc) is 2.91. The number of thioether (sulfide) groups is 1. The number of pyridine rings is 1. The van der Waals surface area contributed by atoms with E-state index < -0.39 is 0 Å². The summed E-state index contributed by atoms with van der Waals surface area (Å²) >= 11 is 1.76. The summed E-state index contributed by atoms with van der Waals surface area (Å²) in [6.07, 6.45) is 8.15. The molecule has 1 aromatic heterocycles. The van der Waals surface area contributed by atoms with E-state index in [-0.39, 0.29) is 6.10 Å². The molecular formula is C27H33N5OS. The molecule has 0 saturated heterocycles. The number of nitrogens with one attached hydrogen (secondary N) is 2. The van der Waals surface area contributed by atoms with Crippen molar-refractivity contribution in [1.82, 2.24) is 10.3 Å². The van der Waals surface area contributed by atoms with Crippen molar-refractivity contribution in [3.8, 4) is 5.88 Å². The van der Waals surface area contributed by atoms with Crippen LogP contribution in [0.3, 0.4) is 0 Å². The van der Waals surface area contributed by atoms with Gasteiger partial charge in [0, 0.05) is 48.2 Å². The molecule has 1 unspecified atom stereocenters. The summed E-state index contributed by atoms with van der Waals surface area (Å²) in [4.78, 5) is 9.75. The minimum absolute atomic E-state index is 0.0476. The molecule has 6 nitrogen and oxygen atoms in total. The molecule has 0 fully saturated rings. The highest BCUT2D eigenvalue weighted by Crippen LogP contribution is 2.29. The molecule has 4 rings (SSSR count). The van der Waals surface area contributed by atoms with E-state index in [2.05, 4.69) is 51.1 Å². The molecule has 1 atom stereocenters. The van der Waals surface area contributed by atoms with Crippen LogP contribution in [0.15, 0.2) is 89.0 Å². The molecule has 0 bridgehead atoms. The summed E-state index contributed by atoms with van der Waals surface area (Å²) in [5.74, 6) is 0.624. The zero-order valence-electron chi connectivity index (χ0n) is 19.8. The van der Waals surface area contributed by atoms with Crippen molar-refractivity contribution in [3.63, 3.8) is 0 Å². The summed E-state index contributed by atoms with van der Waals surface area (Å²) in [5, 5.41) is 6.88. The lowest BCUT2D eigenvalue weighted by Crippen LogP contribution is -2.40. The number of fused-ring (bicyclic) bond motifs is 1. The number of benzene rings is 2. The van der Waals surface area contributed by atoms with Gasteiger partial charge in [-0.1, -0.05) is 48.5 Å². The van der Waals surface area contributed by atoms with Gasteiger partial charge in [-0.3, -0.25) is 4.99 Å². The Morgan fingerprint density at radius 1 is 1.21 bits per heavy atom. The van der Waals surface area contributed by atoms with Crippen LogP contribution in [-0.4, -0.2) is 50.2 Å². The number of rotatable bonds is 8. The molecule has 0 spiro atoms. The van der Waals surface area contributed by atoms with Crippen molar-refractivity contribution in [3.05, 3.63) is 90.3 Å². The van der Waals surface area contributed by atoms with Crippen molar-refractivity contribution >= 4 is 29.2 Å². The summed E-state index contributed by atoms with van der Waals surface area (Å²) in [7, 11) is 1.72. The topological polar surface area (TPSA) is 84.6 Å². The molecule has 3 aromatic rings. The first-order valence-electron chi connectivity index (χ1n) is 11.3. The summed E-state index contributed by atoms with van der Waals surface area (Å²) in [6, 6.07) is 22.7. The summed E-state index contributed by atoms with van der Waals surface area (Å²) in [6.45, 7) is 2.42. The van der Waals surface area contributed by atoms with Crippen LogP contribution in [0.4, 0.5) is 5.69 Å². The average molecular weight is 476 g/mol. The number of allylic oxidation sites excluding steroid dienone is 1. The summed E-state index contributed by atoms with van der Waals surface area (Å²) < 4.78 is 6.02. The van der Waals surface area contributed by atoms with Crippen LogP contribution < -0.4 is 21.1 Å².